The number of hydrogen-bond donors (Lipinski definition) is 1. The van der Waals surface area contributed by atoms with E-state index in [0.717, 1.165) is 48.5 Å². The van der Waals surface area contributed by atoms with Crippen molar-refractivity contribution in [2.24, 2.45) is 5.92 Å². The Morgan fingerprint density at radius 3 is 1.29 bits per heavy atom. The molecule has 0 aromatic heterocycles. The highest BCUT2D eigenvalue weighted by Gasteiger charge is 2.55. The fourth-order valence-electron chi connectivity index (χ4n) is 7.71. The van der Waals surface area contributed by atoms with Crippen LogP contribution in [0, 0.1) is 29.2 Å². The van der Waals surface area contributed by atoms with E-state index >= 15 is 34.4 Å². The summed E-state index contributed by atoms with van der Waals surface area (Å²) in [4.78, 5) is 13.1. The Kier molecular flexibility index (Phi) is 9.97. The Morgan fingerprint density at radius 1 is 0.552 bits per heavy atom. The fourth-order valence-corrected chi connectivity index (χ4v) is 11.8. The van der Waals surface area contributed by atoms with Crippen LogP contribution in [0.3, 0.4) is 0 Å². The predicted octanol–water partition coefficient (Wildman–Crippen LogP) is 11.1. The maximum Gasteiger partial charge on any atom is 0.311 e. The van der Waals surface area contributed by atoms with E-state index in [2.05, 4.69) is 0 Å². The topological polar surface area (TPSA) is 112 Å². The van der Waals surface area contributed by atoms with Crippen LogP contribution in [-0.2, 0) is 24.8 Å². The van der Waals surface area contributed by atoms with Crippen LogP contribution in [0.1, 0.15) is 23.2 Å². The van der Waals surface area contributed by atoms with Crippen LogP contribution < -0.4 is 8.61 Å². The van der Waals surface area contributed by atoms with Crippen molar-refractivity contribution >= 4 is 83.8 Å². The van der Waals surface area contributed by atoms with Gasteiger partial charge in [0.1, 0.15) is 29.2 Å². The number of fused-ring (bicyclic) bond motifs is 6. The molecule has 2 aliphatic heterocycles. The third-order valence-electron chi connectivity index (χ3n) is 10.00. The van der Waals surface area contributed by atoms with Gasteiger partial charge in [-0.25, -0.2) is 34.4 Å². The molecule has 0 radical (unpaired) electrons. The normalized spacial score (nSPS) is 16.6. The second kappa shape index (κ2) is 14.5. The fraction of sp³-hybridized carbons (Fsp3) is 0.0750. The van der Waals surface area contributed by atoms with Gasteiger partial charge in [0.2, 0.25) is 0 Å². The molecule has 0 saturated carbocycles. The minimum absolute atomic E-state index is 0.0428. The lowest BCUT2D eigenvalue weighted by Crippen LogP contribution is -2.51. The monoisotopic (exact) mass is 906 g/mol. The second-order valence-electron chi connectivity index (χ2n) is 13.2. The highest BCUT2D eigenvalue weighted by molar-refractivity contribution is 7.93. The Balaban J connectivity index is 1.52. The molecule has 6 aromatic carbocycles. The molecule has 2 unspecified atom stereocenters. The number of hydrogen-bond acceptors (Lipinski definition) is 5. The third-order valence-corrected chi connectivity index (χ3v) is 15.1. The molecule has 0 amide bonds. The zero-order chi connectivity index (χ0) is 41.6. The van der Waals surface area contributed by atoms with Gasteiger partial charge >= 0.3 is 5.97 Å². The maximum atomic E-state index is 16.2. The zero-order valence-electron chi connectivity index (χ0n) is 28.8. The van der Waals surface area contributed by atoms with E-state index in [4.69, 9.17) is 46.4 Å². The standard InChI is InChI=1S/C40H22Cl4F4N2O6S2/c41-27-11-9-21(17-29(27)43)57(53,54)49-33-7-3-1-5-23(33)35-25(13-19(45)15-31(35)47)38(49)37(40(51)52)39-26-14-20(46)16-32(48)36(26)24-6-2-4-8-34(24)50(39)58(55,56)22-10-12-28(42)30(44)18-22/h1-18,37-39H,(H,51,52). The number of carboxylic acids is 1. The number of benzene rings is 6. The van der Waals surface area contributed by atoms with E-state index in [1.54, 1.807) is 0 Å². The van der Waals surface area contributed by atoms with E-state index in [9.17, 15) is 9.90 Å². The zero-order valence-corrected chi connectivity index (χ0v) is 33.5. The molecule has 0 bridgehead atoms. The van der Waals surface area contributed by atoms with Gasteiger partial charge in [0.15, 0.2) is 0 Å². The summed E-state index contributed by atoms with van der Waals surface area (Å²) in [5.41, 5.74) is -2.72. The van der Waals surface area contributed by atoms with Crippen molar-refractivity contribution in [2.75, 3.05) is 8.61 Å². The summed E-state index contributed by atoms with van der Waals surface area (Å²) < 4.78 is 125. The Bertz CT molecular complexity index is 2780. The number of nitrogens with zero attached hydrogens (tertiary/aromatic N) is 2. The van der Waals surface area contributed by atoms with E-state index in [-0.39, 0.29) is 42.6 Å². The number of halogens is 8. The van der Waals surface area contributed by atoms with Gasteiger partial charge in [-0.1, -0.05) is 82.8 Å². The average Bonchev–Trinajstić information content (AvgIpc) is 3.16. The van der Waals surface area contributed by atoms with Gasteiger partial charge in [-0.05, 0) is 71.8 Å². The van der Waals surface area contributed by atoms with Crippen molar-refractivity contribution in [3.05, 3.63) is 164 Å². The van der Waals surface area contributed by atoms with Crippen molar-refractivity contribution in [2.45, 2.75) is 21.9 Å². The van der Waals surface area contributed by atoms with Crippen molar-refractivity contribution < 1.29 is 44.3 Å². The third kappa shape index (κ3) is 6.28. The molecule has 0 spiro atoms. The van der Waals surface area contributed by atoms with Crippen LogP contribution in [0.25, 0.3) is 22.3 Å². The summed E-state index contributed by atoms with van der Waals surface area (Å²) in [5.74, 6) is -9.31. The number of carboxylic acid groups (broad SMARTS) is 1. The molecule has 2 aliphatic rings. The molecule has 0 saturated heterocycles. The molecule has 2 heterocycles. The van der Waals surface area contributed by atoms with Gasteiger partial charge in [0.25, 0.3) is 20.0 Å². The molecule has 58 heavy (non-hydrogen) atoms. The molecule has 2 atom stereocenters. The number of rotatable bonds is 7. The summed E-state index contributed by atoms with van der Waals surface area (Å²) in [5, 5.41) is 10.9. The van der Waals surface area contributed by atoms with E-state index in [1.165, 1.54) is 48.5 Å². The molecule has 6 aromatic rings. The van der Waals surface area contributed by atoms with Crippen LogP contribution in [0.15, 0.2) is 119 Å². The number of para-hydroxylation sites is 2. The number of sulfonamides is 2. The second-order valence-corrected chi connectivity index (χ2v) is 18.5. The molecule has 296 valence electrons. The molecule has 8 nitrogen and oxygen atoms in total. The quantitative estimate of drug-likeness (QED) is 0.160. The number of anilines is 2. The highest BCUT2D eigenvalue weighted by Crippen LogP contribution is 2.58. The highest BCUT2D eigenvalue weighted by atomic mass is 35.5. The molecule has 0 aliphatic carbocycles. The number of aliphatic carboxylic acids is 1. The Hall–Kier alpha value is -4.83. The van der Waals surface area contributed by atoms with Crippen molar-refractivity contribution in [1.82, 2.24) is 0 Å². The summed E-state index contributed by atoms with van der Waals surface area (Å²) in [7, 11) is -10.2. The molecule has 1 N–H and O–H groups in total. The minimum atomic E-state index is -5.09. The summed E-state index contributed by atoms with van der Waals surface area (Å²) >= 11 is 24.8. The Morgan fingerprint density at radius 2 is 0.931 bits per heavy atom. The minimum Gasteiger partial charge on any atom is -0.481 e. The van der Waals surface area contributed by atoms with Crippen LogP contribution in [0.5, 0.6) is 0 Å². The first-order valence-electron chi connectivity index (χ1n) is 16.8. The summed E-state index contributed by atoms with van der Waals surface area (Å²) in [6.07, 6.45) is 0. The van der Waals surface area contributed by atoms with Crippen molar-refractivity contribution in [1.29, 1.82) is 0 Å². The van der Waals surface area contributed by atoms with Crippen LogP contribution in [0.4, 0.5) is 28.9 Å². The van der Waals surface area contributed by atoms with Crippen molar-refractivity contribution in [3.63, 3.8) is 0 Å². The number of carbonyl (C=O) groups is 1. The van der Waals surface area contributed by atoms with E-state index < -0.39 is 99.3 Å². The molecule has 0 fully saturated rings. The lowest BCUT2D eigenvalue weighted by Gasteiger charge is -2.47. The SMILES string of the molecule is O=C(O)C(C1c2cc(F)cc(F)c2-c2ccccc2N1S(=O)(=O)c1ccc(Cl)c(Cl)c1)C1c2cc(F)cc(F)c2-c2ccccc2N1S(=O)(=O)c1ccc(Cl)c(Cl)c1. The first-order valence-corrected chi connectivity index (χ1v) is 21.2. The lowest BCUT2D eigenvalue weighted by molar-refractivity contribution is -0.143. The van der Waals surface area contributed by atoms with Gasteiger partial charge in [0, 0.05) is 34.4 Å². The van der Waals surface area contributed by atoms with Crippen LogP contribution >= 0.6 is 46.4 Å². The van der Waals surface area contributed by atoms with Gasteiger partial charge < -0.3 is 5.11 Å². The van der Waals surface area contributed by atoms with Gasteiger partial charge in [0.05, 0.1) is 53.3 Å². The average molecular weight is 909 g/mol. The molecular weight excluding hydrogens is 886 g/mol. The van der Waals surface area contributed by atoms with Gasteiger partial charge in [-0.15, -0.1) is 0 Å². The summed E-state index contributed by atoms with van der Waals surface area (Å²) in [6, 6.07) is 15.2. The van der Waals surface area contributed by atoms with Crippen LogP contribution in [0.2, 0.25) is 20.1 Å². The van der Waals surface area contributed by atoms with Gasteiger partial charge in [-0.3, -0.25) is 13.4 Å². The molecule has 18 heteroatoms. The summed E-state index contributed by atoms with van der Waals surface area (Å²) in [6.45, 7) is 0. The van der Waals surface area contributed by atoms with Crippen molar-refractivity contribution in [3.8, 4) is 22.3 Å². The predicted molar refractivity (Wildman–Crippen MR) is 212 cm³/mol. The lowest BCUT2D eigenvalue weighted by atomic mass is 9.75. The molecular formula is C40H22Cl4F4N2O6S2. The maximum absolute atomic E-state index is 16.2. The van der Waals surface area contributed by atoms with E-state index in [0.29, 0.717) is 20.7 Å². The van der Waals surface area contributed by atoms with Gasteiger partial charge in [-0.2, -0.15) is 0 Å². The Labute approximate surface area is 348 Å². The first kappa shape index (κ1) is 40.0. The van der Waals surface area contributed by atoms with E-state index in [1.807, 2.05) is 0 Å². The smallest absolute Gasteiger partial charge is 0.311 e. The largest absolute Gasteiger partial charge is 0.481 e. The molecule has 8 rings (SSSR count). The van der Waals surface area contributed by atoms with Crippen LogP contribution in [-0.4, -0.2) is 27.9 Å². The first-order chi connectivity index (χ1) is 27.4.